The Labute approximate surface area is 221 Å². The van der Waals surface area contributed by atoms with Gasteiger partial charge in [-0.3, -0.25) is 4.90 Å². The van der Waals surface area contributed by atoms with Gasteiger partial charge in [0.1, 0.15) is 11.4 Å². The van der Waals surface area contributed by atoms with Gasteiger partial charge in [0.05, 0.1) is 35.4 Å². The molecule has 37 heavy (non-hydrogen) atoms. The highest BCUT2D eigenvalue weighted by molar-refractivity contribution is 6.65. The number of rotatable bonds is 8. The molecule has 3 heterocycles. The molecule has 2 aliphatic rings. The van der Waals surface area contributed by atoms with Crippen LogP contribution in [0.15, 0.2) is 18.2 Å². The second kappa shape index (κ2) is 10.9. The number of amides is 1. The van der Waals surface area contributed by atoms with Crippen LogP contribution < -0.4 is 10.8 Å². The van der Waals surface area contributed by atoms with Crippen molar-refractivity contribution >= 4 is 29.7 Å². The number of alkyl carbamates (subject to hydrolysis) is 1. The van der Waals surface area contributed by atoms with E-state index in [1.54, 1.807) is 0 Å². The zero-order chi connectivity index (χ0) is 26.8. The van der Waals surface area contributed by atoms with E-state index in [-0.39, 0.29) is 0 Å². The molecule has 1 amide bonds. The van der Waals surface area contributed by atoms with Crippen LogP contribution in [-0.2, 0) is 31.7 Å². The lowest BCUT2D eigenvalue weighted by Gasteiger charge is -2.32. The summed E-state index contributed by atoms with van der Waals surface area (Å²) in [4.78, 5) is 19.6. The molecule has 204 valence electrons. The zero-order valence-corrected chi connectivity index (χ0v) is 23.6. The van der Waals surface area contributed by atoms with Crippen molar-refractivity contribution in [3.05, 3.63) is 24.0 Å². The number of nitrogens with zero attached hydrogens (tertiary/aromatic N) is 3. The van der Waals surface area contributed by atoms with E-state index in [0.29, 0.717) is 13.1 Å². The molecule has 2 aromatic rings. The highest BCUT2D eigenvalue weighted by atomic mass is 16.7. The molecule has 4 rings (SSSR count). The molecular formula is C27H43BN4O5. The monoisotopic (exact) mass is 514 g/mol. The summed E-state index contributed by atoms with van der Waals surface area (Å²) < 4.78 is 26.0. The number of hydrogen-bond donors (Lipinski definition) is 1. The number of carbonyl (C=O) groups is 1. The minimum Gasteiger partial charge on any atom is -0.444 e. The van der Waals surface area contributed by atoms with Crippen LogP contribution in [0.1, 0.15) is 60.7 Å². The minimum atomic E-state index is -0.519. The van der Waals surface area contributed by atoms with Gasteiger partial charge in [-0.2, -0.15) is 0 Å². The van der Waals surface area contributed by atoms with Crippen molar-refractivity contribution in [1.82, 2.24) is 19.8 Å². The summed E-state index contributed by atoms with van der Waals surface area (Å²) in [5.74, 6) is 1.03. The summed E-state index contributed by atoms with van der Waals surface area (Å²) in [6.45, 7) is 19.5. The van der Waals surface area contributed by atoms with Crippen molar-refractivity contribution < 1.29 is 23.6 Å². The standard InChI is InChI=1S/C27H43BN4O5/c1-25(2,3)35-24(33)29-13-9-14-32-22(12-15-31-16-18-34-19-17-31)30-21-11-8-10-20(23(21)32)28-36-26(4,5)27(6,7)37-28/h8,10-11H,9,12-19H2,1-7H3,(H,29,33). The number of aromatic nitrogens is 2. The predicted octanol–water partition coefficient (Wildman–Crippen LogP) is 3.13. The number of aryl methyl sites for hydroxylation is 1. The second-order valence-electron chi connectivity index (χ2n) is 12.0. The van der Waals surface area contributed by atoms with E-state index in [1.807, 2.05) is 26.8 Å². The van der Waals surface area contributed by atoms with Gasteiger partial charge in [0.25, 0.3) is 0 Å². The summed E-state index contributed by atoms with van der Waals surface area (Å²) in [5, 5.41) is 2.88. The molecule has 0 radical (unpaired) electrons. The van der Waals surface area contributed by atoms with E-state index in [2.05, 4.69) is 54.6 Å². The van der Waals surface area contributed by atoms with Gasteiger partial charge in [-0.25, -0.2) is 9.78 Å². The van der Waals surface area contributed by atoms with Gasteiger partial charge < -0.3 is 28.7 Å². The molecule has 1 aromatic carbocycles. The zero-order valence-electron chi connectivity index (χ0n) is 23.6. The van der Waals surface area contributed by atoms with Crippen LogP contribution in [0.4, 0.5) is 4.79 Å². The third-order valence-electron chi connectivity index (χ3n) is 7.37. The average Bonchev–Trinajstić information content (AvgIpc) is 3.27. The molecule has 0 atom stereocenters. The van der Waals surface area contributed by atoms with Crippen LogP contribution in [0, 0.1) is 0 Å². The Morgan fingerprint density at radius 1 is 1.11 bits per heavy atom. The summed E-state index contributed by atoms with van der Waals surface area (Å²) >= 11 is 0. The summed E-state index contributed by atoms with van der Waals surface area (Å²) in [7, 11) is -0.476. The molecule has 2 fully saturated rings. The number of para-hydroxylation sites is 1. The lowest BCUT2D eigenvalue weighted by molar-refractivity contribution is 0.00578. The Morgan fingerprint density at radius 3 is 2.43 bits per heavy atom. The Bertz CT molecular complexity index is 1070. The van der Waals surface area contributed by atoms with E-state index < -0.39 is 30.0 Å². The van der Waals surface area contributed by atoms with E-state index in [0.717, 1.165) is 68.0 Å². The molecule has 0 unspecified atom stereocenters. The molecule has 0 bridgehead atoms. The molecule has 10 heteroatoms. The Morgan fingerprint density at radius 2 is 1.78 bits per heavy atom. The average molecular weight is 514 g/mol. The maximum absolute atomic E-state index is 12.1. The van der Waals surface area contributed by atoms with Crippen molar-refractivity contribution in [3.63, 3.8) is 0 Å². The van der Waals surface area contributed by atoms with E-state index in [9.17, 15) is 4.79 Å². The molecule has 1 aromatic heterocycles. The van der Waals surface area contributed by atoms with Crippen molar-refractivity contribution in [2.24, 2.45) is 0 Å². The fraction of sp³-hybridized carbons (Fsp3) is 0.704. The number of carbonyl (C=O) groups excluding carboxylic acids is 1. The second-order valence-corrected chi connectivity index (χ2v) is 12.0. The highest BCUT2D eigenvalue weighted by Crippen LogP contribution is 2.37. The number of ether oxygens (including phenoxy) is 2. The summed E-state index contributed by atoms with van der Waals surface area (Å²) in [6, 6.07) is 6.15. The third-order valence-corrected chi connectivity index (χ3v) is 7.37. The lowest BCUT2D eigenvalue weighted by atomic mass is 9.78. The van der Waals surface area contributed by atoms with Gasteiger partial charge in [0.2, 0.25) is 0 Å². The van der Waals surface area contributed by atoms with Crippen molar-refractivity contribution in [2.75, 3.05) is 39.4 Å². The van der Waals surface area contributed by atoms with Crippen LogP contribution in [0.5, 0.6) is 0 Å². The molecule has 0 saturated carbocycles. The van der Waals surface area contributed by atoms with Gasteiger partial charge >= 0.3 is 13.2 Å². The molecule has 9 nitrogen and oxygen atoms in total. The van der Waals surface area contributed by atoms with Gasteiger partial charge in [-0.15, -0.1) is 0 Å². The fourth-order valence-electron chi connectivity index (χ4n) is 4.68. The summed E-state index contributed by atoms with van der Waals surface area (Å²) in [6.07, 6.45) is 1.18. The van der Waals surface area contributed by atoms with Crippen LogP contribution in [0.25, 0.3) is 11.0 Å². The maximum atomic E-state index is 12.1. The van der Waals surface area contributed by atoms with Crippen molar-refractivity contribution in [1.29, 1.82) is 0 Å². The van der Waals surface area contributed by atoms with Crippen LogP contribution in [-0.4, -0.2) is 83.9 Å². The first-order valence-corrected chi connectivity index (χ1v) is 13.5. The van der Waals surface area contributed by atoms with Gasteiger partial charge in [-0.1, -0.05) is 12.1 Å². The number of nitrogens with one attached hydrogen (secondary N) is 1. The molecule has 2 aliphatic heterocycles. The normalized spacial score (nSPS) is 19.9. The van der Waals surface area contributed by atoms with Crippen molar-refractivity contribution in [2.45, 2.75) is 84.7 Å². The number of imidazole rings is 1. The van der Waals surface area contributed by atoms with Crippen LogP contribution >= 0.6 is 0 Å². The first-order valence-electron chi connectivity index (χ1n) is 13.5. The molecular weight excluding hydrogens is 471 g/mol. The first-order chi connectivity index (χ1) is 17.4. The SMILES string of the molecule is CC(C)(C)OC(=O)NCCCn1c(CCN2CCOCC2)nc2cccc(B3OC(C)(C)C(C)(C)O3)c21. The first kappa shape index (κ1) is 27.9. The van der Waals surface area contributed by atoms with E-state index in [1.165, 1.54) is 0 Å². The molecule has 0 spiro atoms. The minimum absolute atomic E-state index is 0.395. The number of morpholine rings is 1. The fourth-order valence-corrected chi connectivity index (χ4v) is 4.68. The molecule has 1 N–H and O–H groups in total. The number of hydrogen-bond acceptors (Lipinski definition) is 7. The van der Waals surface area contributed by atoms with Gasteiger partial charge in [0, 0.05) is 44.6 Å². The number of benzene rings is 1. The highest BCUT2D eigenvalue weighted by Gasteiger charge is 2.52. The molecule has 2 saturated heterocycles. The smallest absolute Gasteiger partial charge is 0.444 e. The Hall–Kier alpha value is -2.14. The maximum Gasteiger partial charge on any atom is 0.497 e. The van der Waals surface area contributed by atoms with Crippen molar-refractivity contribution in [3.8, 4) is 0 Å². The predicted molar refractivity (Wildman–Crippen MR) is 145 cm³/mol. The van der Waals surface area contributed by atoms with E-state index in [4.69, 9.17) is 23.8 Å². The Kier molecular flexibility index (Phi) is 8.23. The van der Waals surface area contributed by atoms with Crippen LogP contribution in [0.3, 0.4) is 0 Å². The van der Waals surface area contributed by atoms with E-state index >= 15 is 0 Å². The quantitative estimate of drug-likeness (QED) is 0.428. The third kappa shape index (κ3) is 6.66. The lowest BCUT2D eigenvalue weighted by Crippen LogP contribution is -2.41. The topological polar surface area (TPSA) is 87.1 Å². The largest absolute Gasteiger partial charge is 0.497 e. The Balaban J connectivity index is 1.57. The van der Waals surface area contributed by atoms with Crippen LogP contribution in [0.2, 0.25) is 0 Å². The summed E-state index contributed by atoms with van der Waals surface area (Å²) in [5.41, 5.74) is 1.58. The number of fused-ring (bicyclic) bond motifs is 1. The van der Waals surface area contributed by atoms with Gasteiger partial charge in [0.15, 0.2) is 0 Å². The van der Waals surface area contributed by atoms with Gasteiger partial charge in [-0.05, 0) is 61.0 Å². The molecule has 0 aliphatic carbocycles.